The molecule has 178 valence electrons. The third kappa shape index (κ3) is 6.87. The highest BCUT2D eigenvalue weighted by atomic mass is 35.5. The number of nitrogens with zero attached hydrogens (tertiary/aromatic N) is 2. The SMILES string of the molecule is CC[C@H](C)Oc1cccc(C(=O)Nc2ccc(N3CCN(C(=O)CC(C)C)CC3)c(Cl)c2)c1. The minimum absolute atomic E-state index is 0.0878. The van der Waals surface area contributed by atoms with Crippen molar-refractivity contribution in [3.05, 3.63) is 53.1 Å². The molecule has 0 saturated carbocycles. The molecule has 0 radical (unpaired) electrons. The summed E-state index contributed by atoms with van der Waals surface area (Å²) in [5, 5.41) is 3.49. The third-order valence-electron chi connectivity index (χ3n) is 5.77. The van der Waals surface area contributed by atoms with Gasteiger partial charge in [-0.2, -0.15) is 0 Å². The van der Waals surface area contributed by atoms with Gasteiger partial charge in [-0.3, -0.25) is 9.59 Å². The number of hydrogen-bond donors (Lipinski definition) is 1. The van der Waals surface area contributed by atoms with Gasteiger partial charge in [-0.05, 0) is 55.7 Å². The zero-order valence-corrected chi connectivity index (χ0v) is 20.7. The van der Waals surface area contributed by atoms with Crippen molar-refractivity contribution < 1.29 is 14.3 Å². The van der Waals surface area contributed by atoms with Crippen molar-refractivity contribution in [2.45, 2.75) is 46.6 Å². The van der Waals surface area contributed by atoms with E-state index < -0.39 is 0 Å². The number of piperazine rings is 1. The van der Waals surface area contributed by atoms with Gasteiger partial charge in [-0.15, -0.1) is 0 Å². The van der Waals surface area contributed by atoms with Crippen molar-refractivity contribution in [1.29, 1.82) is 0 Å². The van der Waals surface area contributed by atoms with Gasteiger partial charge < -0.3 is 19.9 Å². The van der Waals surface area contributed by atoms with Gasteiger partial charge in [0.05, 0.1) is 16.8 Å². The molecule has 3 rings (SSSR count). The Bertz CT molecular complexity index is 971. The van der Waals surface area contributed by atoms with Crippen LogP contribution < -0.4 is 15.0 Å². The average molecular weight is 472 g/mol. The Morgan fingerprint density at radius 1 is 1.06 bits per heavy atom. The van der Waals surface area contributed by atoms with Crippen LogP contribution in [0.25, 0.3) is 0 Å². The molecule has 2 aromatic carbocycles. The predicted molar refractivity (Wildman–Crippen MR) is 134 cm³/mol. The second-order valence-electron chi connectivity index (χ2n) is 8.95. The molecule has 2 amide bonds. The Kier molecular flexibility index (Phi) is 8.61. The van der Waals surface area contributed by atoms with Gasteiger partial charge in [0, 0.05) is 43.9 Å². The van der Waals surface area contributed by atoms with Crippen LogP contribution in [0.15, 0.2) is 42.5 Å². The molecule has 33 heavy (non-hydrogen) atoms. The Labute approximate surface area is 201 Å². The highest BCUT2D eigenvalue weighted by molar-refractivity contribution is 6.33. The molecular formula is C26H34ClN3O3. The first-order chi connectivity index (χ1) is 15.8. The minimum Gasteiger partial charge on any atom is -0.491 e. The van der Waals surface area contributed by atoms with E-state index in [2.05, 4.69) is 31.0 Å². The highest BCUT2D eigenvalue weighted by Gasteiger charge is 2.23. The van der Waals surface area contributed by atoms with E-state index in [-0.39, 0.29) is 17.9 Å². The summed E-state index contributed by atoms with van der Waals surface area (Å²) in [5.41, 5.74) is 2.07. The summed E-state index contributed by atoms with van der Waals surface area (Å²) in [5.74, 6) is 1.04. The molecule has 0 spiro atoms. The summed E-state index contributed by atoms with van der Waals surface area (Å²) in [6.45, 7) is 11.0. The Morgan fingerprint density at radius 3 is 2.42 bits per heavy atom. The quantitative estimate of drug-likeness (QED) is 0.555. The summed E-state index contributed by atoms with van der Waals surface area (Å²) in [6.07, 6.45) is 1.57. The summed E-state index contributed by atoms with van der Waals surface area (Å²) >= 11 is 6.56. The molecular weight excluding hydrogens is 438 g/mol. The second-order valence-corrected chi connectivity index (χ2v) is 9.36. The number of halogens is 1. The van der Waals surface area contributed by atoms with Crippen molar-refractivity contribution in [1.82, 2.24) is 4.90 Å². The normalized spacial score (nSPS) is 14.8. The lowest BCUT2D eigenvalue weighted by Gasteiger charge is -2.36. The molecule has 1 fully saturated rings. The zero-order chi connectivity index (χ0) is 24.0. The molecule has 7 heteroatoms. The summed E-state index contributed by atoms with van der Waals surface area (Å²) < 4.78 is 5.82. The lowest BCUT2D eigenvalue weighted by Crippen LogP contribution is -2.49. The maximum absolute atomic E-state index is 12.7. The van der Waals surface area contributed by atoms with Crippen molar-refractivity contribution in [2.24, 2.45) is 5.92 Å². The van der Waals surface area contributed by atoms with Crippen LogP contribution in [0.2, 0.25) is 5.02 Å². The maximum Gasteiger partial charge on any atom is 0.255 e. The van der Waals surface area contributed by atoms with Gasteiger partial charge in [-0.1, -0.05) is 38.4 Å². The van der Waals surface area contributed by atoms with Gasteiger partial charge in [0.1, 0.15) is 5.75 Å². The lowest BCUT2D eigenvalue weighted by molar-refractivity contribution is -0.132. The average Bonchev–Trinajstić information content (AvgIpc) is 2.79. The van der Waals surface area contributed by atoms with Crippen molar-refractivity contribution in [2.75, 3.05) is 36.4 Å². The molecule has 1 saturated heterocycles. The molecule has 6 nitrogen and oxygen atoms in total. The third-order valence-corrected chi connectivity index (χ3v) is 6.07. The monoisotopic (exact) mass is 471 g/mol. The van der Waals surface area contributed by atoms with Crippen molar-refractivity contribution in [3.63, 3.8) is 0 Å². The fraction of sp³-hybridized carbons (Fsp3) is 0.462. The van der Waals surface area contributed by atoms with Gasteiger partial charge in [-0.25, -0.2) is 0 Å². The zero-order valence-electron chi connectivity index (χ0n) is 19.9. The molecule has 1 atom stereocenters. The predicted octanol–water partition coefficient (Wildman–Crippen LogP) is 5.46. The van der Waals surface area contributed by atoms with Gasteiger partial charge in [0.15, 0.2) is 0 Å². The van der Waals surface area contributed by atoms with E-state index in [0.717, 1.165) is 25.2 Å². The fourth-order valence-electron chi connectivity index (χ4n) is 3.75. The van der Waals surface area contributed by atoms with E-state index in [9.17, 15) is 9.59 Å². The largest absolute Gasteiger partial charge is 0.491 e. The van der Waals surface area contributed by atoms with Crippen molar-refractivity contribution in [3.8, 4) is 5.75 Å². The smallest absolute Gasteiger partial charge is 0.255 e. The van der Waals surface area contributed by atoms with E-state index >= 15 is 0 Å². The second kappa shape index (κ2) is 11.4. The molecule has 0 aliphatic carbocycles. The number of benzene rings is 2. The van der Waals surface area contributed by atoms with Crippen LogP contribution in [0.1, 0.15) is 50.9 Å². The number of carbonyl (C=O) groups excluding carboxylic acids is 2. The summed E-state index contributed by atoms with van der Waals surface area (Å²) in [4.78, 5) is 29.2. The van der Waals surface area contributed by atoms with Crippen LogP contribution >= 0.6 is 11.6 Å². The number of carbonyl (C=O) groups is 2. The van der Waals surface area contributed by atoms with Crippen LogP contribution in [-0.4, -0.2) is 49.0 Å². The van der Waals surface area contributed by atoms with Crippen LogP contribution in [-0.2, 0) is 4.79 Å². The molecule has 1 aliphatic heterocycles. The number of anilines is 2. The number of nitrogens with one attached hydrogen (secondary N) is 1. The highest BCUT2D eigenvalue weighted by Crippen LogP contribution is 2.30. The first-order valence-electron chi connectivity index (χ1n) is 11.7. The fourth-order valence-corrected chi connectivity index (χ4v) is 4.05. The summed E-state index contributed by atoms with van der Waals surface area (Å²) in [6, 6.07) is 12.7. The van der Waals surface area contributed by atoms with Crippen LogP contribution in [0.4, 0.5) is 11.4 Å². The van der Waals surface area contributed by atoms with Crippen molar-refractivity contribution >= 4 is 34.8 Å². The Morgan fingerprint density at radius 2 is 1.79 bits per heavy atom. The van der Waals surface area contributed by atoms with Gasteiger partial charge in [0.25, 0.3) is 5.91 Å². The van der Waals surface area contributed by atoms with Crippen LogP contribution in [0.3, 0.4) is 0 Å². The van der Waals surface area contributed by atoms with Crippen LogP contribution in [0.5, 0.6) is 5.75 Å². The maximum atomic E-state index is 12.7. The van der Waals surface area contributed by atoms with E-state index in [1.807, 2.05) is 36.1 Å². The summed E-state index contributed by atoms with van der Waals surface area (Å²) in [7, 11) is 0. The molecule has 1 aliphatic rings. The van der Waals surface area contributed by atoms with E-state index in [1.165, 1.54) is 0 Å². The van der Waals surface area contributed by atoms with E-state index in [0.29, 0.717) is 47.5 Å². The van der Waals surface area contributed by atoms with E-state index in [4.69, 9.17) is 16.3 Å². The minimum atomic E-state index is -0.217. The first-order valence-corrected chi connectivity index (χ1v) is 12.0. The first kappa shape index (κ1) is 24.9. The Hall–Kier alpha value is -2.73. The molecule has 1 N–H and O–H groups in total. The number of rotatable bonds is 8. The molecule has 0 aromatic heterocycles. The lowest BCUT2D eigenvalue weighted by atomic mass is 10.1. The van der Waals surface area contributed by atoms with E-state index in [1.54, 1.807) is 18.2 Å². The standard InChI is InChI=1S/C26H34ClN3O3/c1-5-19(4)33-22-8-6-7-20(16-22)26(32)28-21-9-10-24(23(27)17-21)29-11-13-30(14-12-29)25(31)15-18(2)3/h6-10,16-19H,5,11-15H2,1-4H3,(H,28,32)/t19-/m0/s1. The molecule has 2 aromatic rings. The Balaban J connectivity index is 1.60. The topological polar surface area (TPSA) is 61.9 Å². The number of hydrogen-bond acceptors (Lipinski definition) is 4. The molecule has 0 bridgehead atoms. The van der Waals surface area contributed by atoms with Crippen LogP contribution in [0, 0.1) is 5.92 Å². The number of ether oxygens (including phenoxy) is 1. The van der Waals surface area contributed by atoms with Gasteiger partial charge in [0.2, 0.25) is 5.91 Å². The molecule has 0 unspecified atom stereocenters. The van der Waals surface area contributed by atoms with Gasteiger partial charge >= 0.3 is 0 Å². The molecule has 1 heterocycles. The number of amides is 2.